The van der Waals surface area contributed by atoms with Gasteiger partial charge in [-0.15, -0.1) is 0 Å². The van der Waals surface area contributed by atoms with E-state index >= 15 is 0 Å². The molecule has 0 bridgehead atoms. The van der Waals surface area contributed by atoms with Crippen LogP contribution in [0.15, 0.2) is 18.2 Å². The van der Waals surface area contributed by atoms with Gasteiger partial charge in [-0.2, -0.15) is 0 Å². The first-order chi connectivity index (χ1) is 11.3. The fourth-order valence-corrected chi connectivity index (χ4v) is 2.97. The molecule has 8 heteroatoms. The van der Waals surface area contributed by atoms with Gasteiger partial charge in [-0.05, 0) is 32.0 Å². The zero-order valence-electron chi connectivity index (χ0n) is 13.5. The Kier molecular flexibility index (Phi) is 6.07. The lowest BCUT2D eigenvalue weighted by Gasteiger charge is -2.34. The van der Waals surface area contributed by atoms with Gasteiger partial charge in [0.1, 0.15) is 0 Å². The van der Waals surface area contributed by atoms with Gasteiger partial charge in [0.2, 0.25) is 0 Å². The third-order valence-electron chi connectivity index (χ3n) is 3.58. The molecule has 3 amide bonds. The van der Waals surface area contributed by atoms with Crippen LogP contribution in [-0.2, 0) is 9.59 Å². The van der Waals surface area contributed by atoms with Crippen LogP contribution in [0.25, 0.3) is 0 Å². The summed E-state index contributed by atoms with van der Waals surface area (Å²) >= 11 is 11.8. The summed E-state index contributed by atoms with van der Waals surface area (Å²) in [6.45, 7) is 4.90. The summed E-state index contributed by atoms with van der Waals surface area (Å²) < 4.78 is 0. The zero-order valence-corrected chi connectivity index (χ0v) is 15.0. The minimum atomic E-state index is -0.619. The van der Waals surface area contributed by atoms with E-state index in [0.717, 1.165) is 0 Å². The molecule has 1 heterocycles. The van der Waals surface area contributed by atoms with Crippen LogP contribution in [0.3, 0.4) is 0 Å². The van der Waals surface area contributed by atoms with Crippen LogP contribution in [0.5, 0.6) is 0 Å². The van der Waals surface area contributed by atoms with Crippen molar-refractivity contribution < 1.29 is 14.4 Å². The molecule has 1 saturated heterocycles. The van der Waals surface area contributed by atoms with Crippen molar-refractivity contribution in [2.24, 2.45) is 0 Å². The maximum absolute atomic E-state index is 12.5. The number of carbonyl (C=O) groups is 3. The second kappa shape index (κ2) is 7.85. The van der Waals surface area contributed by atoms with E-state index < -0.39 is 11.8 Å². The molecule has 0 atom stereocenters. The van der Waals surface area contributed by atoms with E-state index in [1.807, 2.05) is 0 Å². The largest absolute Gasteiger partial charge is 0.346 e. The van der Waals surface area contributed by atoms with Crippen LogP contribution in [0.4, 0.5) is 0 Å². The maximum atomic E-state index is 12.5. The highest BCUT2D eigenvalue weighted by Crippen LogP contribution is 2.20. The van der Waals surface area contributed by atoms with E-state index in [0.29, 0.717) is 41.8 Å². The van der Waals surface area contributed by atoms with E-state index in [4.69, 9.17) is 23.2 Å². The minimum Gasteiger partial charge on any atom is -0.346 e. The van der Waals surface area contributed by atoms with E-state index in [1.165, 1.54) is 4.90 Å². The monoisotopic (exact) mass is 371 g/mol. The van der Waals surface area contributed by atoms with E-state index in [1.54, 1.807) is 36.9 Å². The molecule has 1 fully saturated rings. The van der Waals surface area contributed by atoms with Crippen LogP contribution in [0, 0.1) is 0 Å². The Labute approximate surface area is 150 Å². The van der Waals surface area contributed by atoms with Gasteiger partial charge in [-0.1, -0.05) is 23.2 Å². The van der Waals surface area contributed by atoms with Gasteiger partial charge in [0, 0.05) is 47.8 Å². The second-order valence-electron chi connectivity index (χ2n) is 5.87. The van der Waals surface area contributed by atoms with Gasteiger partial charge in [-0.25, -0.2) is 0 Å². The molecule has 0 aromatic heterocycles. The van der Waals surface area contributed by atoms with Crippen molar-refractivity contribution in [3.8, 4) is 0 Å². The quantitative estimate of drug-likeness (QED) is 0.805. The third kappa shape index (κ3) is 4.61. The van der Waals surface area contributed by atoms with Crippen molar-refractivity contribution in [2.75, 3.05) is 26.2 Å². The molecule has 130 valence electrons. The Morgan fingerprint density at radius 1 is 0.958 bits per heavy atom. The standard InChI is InChI=1S/C16H19Cl2N3O3/c1-10(2)19-14(22)16(24)21-5-3-20(4-6-21)15(23)11-7-12(17)9-13(18)8-11/h7-10H,3-6H2,1-2H3,(H,19,22). The molecule has 24 heavy (non-hydrogen) atoms. The molecular formula is C16H19Cl2N3O3. The number of benzene rings is 1. The zero-order chi connectivity index (χ0) is 17.9. The van der Waals surface area contributed by atoms with Crippen molar-refractivity contribution in [2.45, 2.75) is 19.9 Å². The SMILES string of the molecule is CC(C)NC(=O)C(=O)N1CCN(C(=O)c2cc(Cl)cc(Cl)c2)CC1. The topological polar surface area (TPSA) is 69.7 Å². The first-order valence-electron chi connectivity index (χ1n) is 7.63. The first kappa shape index (κ1) is 18.5. The van der Waals surface area contributed by atoms with Crippen LogP contribution in [-0.4, -0.2) is 59.7 Å². The summed E-state index contributed by atoms with van der Waals surface area (Å²) in [5.74, 6) is -1.38. The fraction of sp³-hybridized carbons (Fsp3) is 0.438. The van der Waals surface area contributed by atoms with Crippen LogP contribution < -0.4 is 5.32 Å². The Balaban J connectivity index is 1.96. The number of rotatable bonds is 2. The van der Waals surface area contributed by atoms with Gasteiger partial charge in [-0.3, -0.25) is 14.4 Å². The number of halogens is 2. The highest BCUT2D eigenvalue weighted by molar-refractivity contribution is 6.35. The summed E-state index contributed by atoms with van der Waals surface area (Å²) in [4.78, 5) is 39.4. The van der Waals surface area contributed by atoms with Crippen LogP contribution >= 0.6 is 23.2 Å². The summed E-state index contributed by atoms with van der Waals surface area (Å²) in [6.07, 6.45) is 0. The van der Waals surface area contributed by atoms with E-state index in [-0.39, 0.29) is 11.9 Å². The molecule has 0 radical (unpaired) electrons. The lowest BCUT2D eigenvalue weighted by molar-refractivity contribution is -0.147. The Morgan fingerprint density at radius 3 is 1.96 bits per heavy atom. The van der Waals surface area contributed by atoms with Crippen molar-refractivity contribution in [3.63, 3.8) is 0 Å². The predicted octanol–water partition coefficient (Wildman–Crippen LogP) is 1.80. The highest BCUT2D eigenvalue weighted by atomic mass is 35.5. The molecule has 0 saturated carbocycles. The number of hydrogen-bond acceptors (Lipinski definition) is 3. The average Bonchev–Trinajstić information content (AvgIpc) is 2.52. The molecular weight excluding hydrogens is 353 g/mol. The number of nitrogens with zero attached hydrogens (tertiary/aromatic N) is 2. The summed E-state index contributed by atoms with van der Waals surface area (Å²) in [6, 6.07) is 4.58. The van der Waals surface area contributed by atoms with Crippen molar-refractivity contribution in [1.29, 1.82) is 0 Å². The Hall–Kier alpha value is -1.79. The minimum absolute atomic E-state index is 0.100. The number of piperazine rings is 1. The van der Waals surface area contributed by atoms with Gasteiger partial charge >= 0.3 is 11.8 Å². The Bertz CT molecular complexity index is 636. The van der Waals surface area contributed by atoms with Gasteiger partial charge in [0.15, 0.2) is 0 Å². The molecule has 1 aliphatic rings. The van der Waals surface area contributed by atoms with Crippen LogP contribution in [0.2, 0.25) is 10.0 Å². The summed E-state index contributed by atoms with van der Waals surface area (Å²) in [5.41, 5.74) is 0.407. The van der Waals surface area contributed by atoms with Crippen LogP contribution in [0.1, 0.15) is 24.2 Å². The maximum Gasteiger partial charge on any atom is 0.312 e. The lowest BCUT2D eigenvalue weighted by atomic mass is 10.2. The average molecular weight is 372 g/mol. The molecule has 6 nitrogen and oxygen atoms in total. The molecule has 1 aromatic rings. The van der Waals surface area contributed by atoms with Crippen molar-refractivity contribution in [1.82, 2.24) is 15.1 Å². The normalized spacial score (nSPS) is 14.7. The molecule has 0 unspecified atom stereocenters. The lowest BCUT2D eigenvalue weighted by Crippen LogP contribution is -2.54. The van der Waals surface area contributed by atoms with E-state index in [9.17, 15) is 14.4 Å². The predicted molar refractivity (Wildman–Crippen MR) is 92.2 cm³/mol. The highest BCUT2D eigenvalue weighted by Gasteiger charge is 2.28. The van der Waals surface area contributed by atoms with Crippen molar-refractivity contribution in [3.05, 3.63) is 33.8 Å². The van der Waals surface area contributed by atoms with E-state index in [2.05, 4.69) is 5.32 Å². The van der Waals surface area contributed by atoms with Gasteiger partial charge < -0.3 is 15.1 Å². The fourth-order valence-electron chi connectivity index (χ4n) is 2.44. The Morgan fingerprint density at radius 2 is 1.46 bits per heavy atom. The summed E-state index contributed by atoms with van der Waals surface area (Å²) in [7, 11) is 0. The number of carbonyl (C=O) groups excluding carboxylic acids is 3. The summed E-state index contributed by atoms with van der Waals surface area (Å²) in [5, 5.41) is 3.36. The number of hydrogen-bond donors (Lipinski definition) is 1. The smallest absolute Gasteiger partial charge is 0.312 e. The molecule has 1 aromatic carbocycles. The molecule has 1 N–H and O–H groups in total. The molecule has 1 aliphatic heterocycles. The van der Waals surface area contributed by atoms with Gasteiger partial charge in [0.05, 0.1) is 0 Å². The number of nitrogens with one attached hydrogen (secondary N) is 1. The number of amides is 3. The van der Waals surface area contributed by atoms with Gasteiger partial charge in [0.25, 0.3) is 5.91 Å². The van der Waals surface area contributed by atoms with Crippen molar-refractivity contribution >= 4 is 40.9 Å². The third-order valence-corrected chi connectivity index (χ3v) is 4.01. The molecule has 0 spiro atoms. The first-order valence-corrected chi connectivity index (χ1v) is 8.38. The molecule has 2 rings (SSSR count). The molecule has 0 aliphatic carbocycles. The second-order valence-corrected chi connectivity index (χ2v) is 6.74.